The van der Waals surface area contributed by atoms with Crippen LogP contribution in [0.4, 0.5) is 0 Å². The zero-order valence-electron chi connectivity index (χ0n) is 8.97. The van der Waals surface area contributed by atoms with Gasteiger partial charge in [0.15, 0.2) is 0 Å². The zero-order valence-corrected chi connectivity index (χ0v) is 8.97. The van der Waals surface area contributed by atoms with Crippen molar-refractivity contribution in [1.29, 1.82) is 0 Å². The summed E-state index contributed by atoms with van der Waals surface area (Å²) in [6.07, 6.45) is 2.87. The van der Waals surface area contributed by atoms with Crippen molar-refractivity contribution < 1.29 is 4.74 Å². The van der Waals surface area contributed by atoms with E-state index in [9.17, 15) is 0 Å². The van der Waals surface area contributed by atoms with E-state index < -0.39 is 0 Å². The summed E-state index contributed by atoms with van der Waals surface area (Å²) in [6.45, 7) is 5.97. The Morgan fingerprint density at radius 2 is 2.23 bits per heavy atom. The summed E-state index contributed by atoms with van der Waals surface area (Å²) < 4.78 is 5.14. The lowest BCUT2D eigenvalue weighted by atomic mass is 9.97. The summed E-state index contributed by atoms with van der Waals surface area (Å²) in [4.78, 5) is 0. The second-order valence-corrected chi connectivity index (χ2v) is 4.46. The molecule has 0 spiro atoms. The third kappa shape index (κ3) is 3.63. The van der Waals surface area contributed by atoms with E-state index in [0.717, 1.165) is 19.0 Å². The SMILES string of the molecule is COC(C)CNCC(C)(N)C1CC1. The van der Waals surface area contributed by atoms with Crippen LogP contribution in [0.5, 0.6) is 0 Å². The molecule has 3 nitrogen and oxygen atoms in total. The van der Waals surface area contributed by atoms with Gasteiger partial charge in [-0.05, 0) is 32.6 Å². The number of nitrogens with two attached hydrogens (primary N) is 1. The van der Waals surface area contributed by atoms with Crippen LogP contribution in [0.2, 0.25) is 0 Å². The Hall–Kier alpha value is -0.120. The average Bonchev–Trinajstić information content (AvgIpc) is 2.85. The molecule has 1 rings (SSSR count). The number of rotatable bonds is 6. The Bertz CT molecular complexity index is 155. The van der Waals surface area contributed by atoms with Crippen LogP contribution in [-0.2, 0) is 4.74 Å². The molecule has 0 aromatic rings. The number of hydrogen-bond acceptors (Lipinski definition) is 3. The number of methoxy groups -OCH3 is 1. The minimum absolute atomic E-state index is 0.0204. The summed E-state index contributed by atoms with van der Waals surface area (Å²) in [5.74, 6) is 0.734. The predicted molar refractivity (Wildman–Crippen MR) is 54.7 cm³/mol. The van der Waals surface area contributed by atoms with E-state index in [1.165, 1.54) is 12.8 Å². The Kier molecular flexibility index (Phi) is 3.71. The van der Waals surface area contributed by atoms with Crippen molar-refractivity contribution in [3.05, 3.63) is 0 Å². The Morgan fingerprint density at radius 3 is 2.69 bits per heavy atom. The third-order valence-electron chi connectivity index (χ3n) is 2.85. The molecule has 0 saturated heterocycles. The maximum absolute atomic E-state index is 6.15. The zero-order chi connectivity index (χ0) is 9.90. The second kappa shape index (κ2) is 4.40. The van der Waals surface area contributed by atoms with E-state index >= 15 is 0 Å². The second-order valence-electron chi connectivity index (χ2n) is 4.46. The van der Waals surface area contributed by atoms with Crippen molar-refractivity contribution in [2.24, 2.45) is 11.7 Å². The Balaban J connectivity index is 2.10. The third-order valence-corrected chi connectivity index (χ3v) is 2.85. The summed E-state index contributed by atoms with van der Waals surface area (Å²) >= 11 is 0. The molecular formula is C10H22N2O. The van der Waals surface area contributed by atoms with Crippen molar-refractivity contribution in [2.45, 2.75) is 38.3 Å². The molecule has 2 unspecified atom stereocenters. The molecule has 2 atom stereocenters. The van der Waals surface area contributed by atoms with Gasteiger partial charge in [0.2, 0.25) is 0 Å². The van der Waals surface area contributed by atoms with Crippen LogP contribution < -0.4 is 11.1 Å². The Labute approximate surface area is 81.0 Å². The minimum atomic E-state index is -0.0204. The van der Waals surface area contributed by atoms with Gasteiger partial charge in [-0.25, -0.2) is 0 Å². The molecule has 1 aliphatic rings. The fraction of sp³-hybridized carbons (Fsp3) is 1.00. The first-order valence-corrected chi connectivity index (χ1v) is 5.08. The van der Waals surface area contributed by atoms with E-state index in [1.807, 2.05) is 0 Å². The van der Waals surface area contributed by atoms with Gasteiger partial charge in [0.25, 0.3) is 0 Å². The van der Waals surface area contributed by atoms with Crippen LogP contribution in [0.25, 0.3) is 0 Å². The van der Waals surface area contributed by atoms with Gasteiger partial charge < -0.3 is 15.8 Å². The first-order chi connectivity index (χ1) is 6.06. The molecule has 13 heavy (non-hydrogen) atoms. The van der Waals surface area contributed by atoms with E-state index in [2.05, 4.69) is 19.2 Å². The largest absolute Gasteiger partial charge is 0.380 e. The van der Waals surface area contributed by atoms with Gasteiger partial charge in [-0.3, -0.25) is 0 Å². The summed E-state index contributed by atoms with van der Waals surface area (Å²) in [7, 11) is 1.73. The normalized spacial score (nSPS) is 24.0. The molecule has 3 N–H and O–H groups in total. The van der Waals surface area contributed by atoms with Crippen LogP contribution in [0.15, 0.2) is 0 Å². The minimum Gasteiger partial charge on any atom is -0.380 e. The molecule has 0 aliphatic heterocycles. The number of nitrogens with one attached hydrogen (secondary N) is 1. The maximum atomic E-state index is 6.15. The van der Waals surface area contributed by atoms with Gasteiger partial charge in [-0.15, -0.1) is 0 Å². The lowest BCUT2D eigenvalue weighted by molar-refractivity contribution is 0.115. The highest BCUT2D eigenvalue weighted by Gasteiger charge is 2.37. The van der Waals surface area contributed by atoms with Gasteiger partial charge in [-0.2, -0.15) is 0 Å². The fourth-order valence-electron chi connectivity index (χ4n) is 1.52. The molecule has 0 bridgehead atoms. The molecule has 1 aliphatic carbocycles. The summed E-state index contributed by atoms with van der Waals surface area (Å²) in [6, 6.07) is 0. The molecule has 0 aromatic carbocycles. The van der Waals surface area contributed by atoms with Crippen molar-refractivity contribution in [2.75, 3.05) is 20.2 Å². The van der Waals surface area contributed by atoms with Crippen LogP contribution in [-0.4, -0.2) is 31.8 Å². The molecule has 0 amide bonds. The van der Waals surface area contributed by atoms with E-state index in [4.69, 9.17) is 10.5 Å². The van der Waals surface area contributed by atoms with Crippen molar-refractivity contribution in [3.63, 3.8) is 0 Å². The van der Waals surface area contributed by atoms with Crippen molar-refractivity contribution in [1.82, 2.24) is 5.32 Å². The molecule has 1 saturated carbocycles. The standard InChI is InChI=1S/C10H22N2O/c1-8(13-3)6-12-7-10(2,11)9-4-5-9/h8-9,12H,4-7,11H2,1-3H3. The molecule has 0 radical (unpaired) electrons. The molecule has 1 fully saturated rings. The van der Waals surface area contributed by atoms with Crippen LogP contribution in [0, 0.1) is 5.92 Å². The van der Waals surface area contributed by atoms with Gasteiger partial charge in [0.05, 0.1) is 6.10 Å². The first-order valence-electron chi connectivity index (χ1n) is 5.08. The first kappa shape index (κ1) is 11.0. The van der Waals surface area contributed by atoms with Crippen LogP contribution in [0.3, 0.4) is 0 Å². The van der Waals surface area contributed by atoms with Gasteiger partial charge >= 0.3 is 0 Å². The van der Waals surface area contributed by atoms with E-state index in [1.54, 1.807) is 7.11 Å². The Morgan fingerprint density at radius 1 is 1.62 bits per heavy atom. The lowest BCUT2D eigenvalue weighted by Gasteiger charge is -2.25. The molecule has 78 valence electrons. The molecule has 3 heteroatoms. The predicted octanol–water partition coefficient (Wildman–Crippen LogP) is 0.738. The van der Waals surface area contributed by atoms with Crippen molar-refractivity contribution >= 4 is 0 Å². The lowest BCUT2D eigenvalue weighted by Crippen LogP contribution is -2.49. The quantitative estimate of drug-likeness (QED) is 0.643. The van der Waals surface area contributed by atoms with Crippen LogP contribution >= 0.6 is 0 Å². The highest BCUT2D eigenvalue weighted by molar-refractivity contribution is 4.96. The topological polar surface area (TPSA) is 47.3 Å². The van der Waals surface area contributed by atoms with Gasteiger partial charge in [-0.1, -0.05) is 0 Å². The summed E-state index contributed by atoms with van der Waals surface area (Å²) in [5, 5.41) is 3.35. The molecule has 0 aromatic heterocycles. The van der Waals surface area contributed by atoms with Crippen molar-refractivity contribution in [3.8, 4) is 0 Å². The number of ether oxygens (including phenoxy) is 1. The number of hydrogen-bond donors (Lipinski definition) is 2. The van der Waals surface area contributed by atoms with Crippen LogP contribution in [0.1, 0.15) is 26.7 Å². The van der Waals surface area contributed by atoms with E-state index in [-0.39, 0.29) is 11.6 Å². The molecular weight excluding hydrogens is 164 g/mol. The highest BCUT2D eigenvalue weighted by Crippen LogP contribution is 2.37. The monoisotopic (exact) mass is 186 g/mol. The fourth-order valence-corrected chi connectivity index (χ4v) is 1.52. The maximum Gasteiger partial charge on any atom is 0.0667 e. The highest BCUT2D eigenvalue weighted by atomic mass is 16.5. The van der Waals surface area contributed by atoms with Gasteiger partial charge in [0, 0.05) is 25.7 Å². The summed E-state index contributed by atoms with van der Waals surface area (Å²) in [5.41, 5.74) is 6.13. The van der Waals surface area contributed by atoms with E-state index in [0.29, 0.717) is 0 Å². The average molecular weight is 186 g/mol. The van der Waals surface area contributed by atoms with Gasteiger partial charge in [0.1, 0.15) is 0 Å². The molecule has 0 heterocycles. The smallest absolute Gasteiger partial charge is 0.0667 e.